The van der Waals surface area contributed by atoms with Crippen LogP contribution in [0.5, 0.6) is 0 Å². The zero-order chi connectivity index (χ0) is 48.3. The van der Waals surface area contributed by atoms with E-state index in [0.717, 1.165) is 37.7 Å². The molecule has 0 bridgehead atoms. The number of hydrogen-bond donors (Lipinski definition) is 12. The average molecular weight is 945 g/mol. The number of carbonyl (C=O) groups excluding carboxylic acids is 1. The average Bonchev–Trinajstić information content (AvgIpc) is 3.28. The normalized spacial score (nSPS) is 54.8. The molecule has 7 fully saturated rings. The van der Waals surface area contributed by atoms with E-state index in [0.29, 0.717) is 24.7 Å². The maximum Gasteiger partial charge on any atom is 0.315 e. The molecule has 24 atom stereocenters. The summed E-state index contributed by atoms with van der Waals surface area (Å²) >= 11 is 0. The molecule has 5 aliphatic carbocycles. The third-order valence-electron chi connectivity index (χ3n) is 19.2. The van der Waals surface area contributed by atoms with Gasteiger partial charge in [-0.2, -0.15) is 0 Å². The maximum atomic E-state index is 14.9. The van der Waals surface area contributed by atoms with Crippen LogP contribution in [0.3, 0.4) is 0 Å². The van der Waals surface area contributed by atoms with Crippen molar-refractivity contribution >= 4 is 5.97 Å². The van der Waals surface area contributed by atoms with Gasteiger partial charge in [-0.1, -0.05) is 46.3 Å². The highest BCUT2D eigenvalue weighted by Crippen LogP contribution is 2.75. The Bertz CT molecular complexity index is 1800. The smallest absolute Gasteiger partial charge is 0.315 e. The van der Waals surface area contributed by atoms with E-state index in [2.05, 4.69) is 40.7 Å². The first kappa shape index (κ1) is 50.9. The minimum atomic E-state index is -1.90. The summed E-state index contributed by atoms with van der Waals surface area (Å²) in [6.07, 6.45) is -17.1. The Morgan fingerprint density at radius 1 is 0.697 bits per heavy atom. The molecule has 8 aliphatic rings. The highest BCUT2D eigenvalue weighted by atomic mass is 16.8. The molecule has 0 aromatic heterocycles. The third-order valence-corrected chi connectivity index (χ3v) is 19.2. The first-order chi connectivity index (χ1) is 30.8. The number of ether oxygens (including phenoxy) is 6. The molecule has 4 saturated carbocycles. The van der Waals surface area contributed by atoms with E-state index < -0.39 is 135 Å². The molecule has 3 aliphatic heterocycles. The molecule has 0 aromatic rings. The molecule has 66 heavy (non-hydrogen) atoms. The third kappa shape index (κ3) is 7.86. The summed E-state index contributed by atoms with van der Waals surface area (Å²) in [6, 6.07) is 0. The summed E-state index contributed by atoms with van der Waals surface area (Å²) < 4.78 is 34.5. The molecule has 19 heteroatoms. The van der Waals surface area contributed by atoms with Crippen LogP contribution in [-0.2, 0) is 33.2 Å². The van der Waals surface area contributed by atoms with E-state index in [9.17, 15) is 66.1 Å². The van der Waals surface area contributed by atoms with Gasteiger partial charge in [0.15, 0.2) is 12.6 Å². The van der Waals surface area contributed by atoms with Crippen LogP contribution in [0, 0.1) is 44.8 Å². The Balaban J connectivity index is 0.983. The molecule has 8 rings (SSSR count). The lowest BCUT2D eigenvalue weighted by Gasteiger charge is -2.71. The van der Waals surface area contributed by atoms with E-state index in [4.69, 9.17) is 28.4 Å². The van der Waals surface area contributed by atoms with Gasteiger partial charge in [0.1, 0.15) is 67.1 Å². The summed E-state index contributed by atoms with van der Waals surface area (Å²) in [7, 11) is 0. The number of fused-ring (bicyclic) bond motifs is 7. The van der Waals surface area contributed by atoms with E-state index in [1.54, 1.807) is 0 Å². The molecule has 0 amide bonds. The first-order valence-corrected chi connectivity index (χ1v) is 24.1. The van der Waals surface area contributed by atoms with Gasteiger partial charge in [0.2, 0.25) is 6.29 Å². The van der Waals surface area contributed by atoms with Crippen LogP contribution in [0.2, 0.25) is 0 Å². The van der Waals surface area contributed by atoms with Gasteiger partial charge in [0.05, 0.1) is 43.0 Å². The summed E-state index contributed by atoms with van der Waals surface area (Å²) in [6.45, 7) is 10.9. The molecular weight excluding hydrogens is 868 g/mol. The highest BCUT2D eigenvalue weighted by Gasteiger charge is 2.70. The van der Waals surface area contributed by atoms with E-state index in [1.807, 2.05) is 0 Å². The van der Waals surface area contributed by atoms with Crippen LogP contribution in [0.4, 0.5) is 0 Å². The van der Waals surface area contributed by atoms with Crippen molar-refractivity contribution < 1.29 is 94.5 Å². The van der Waals surface area contributed by atoms with Crippen LogP contribution in [0.1, 0.15) is 106 Å². The van der Waals surface area contributed by atoms with Gasteiger partial charge < -0.3 is 89.7 Å². The Morgan fingerprint density at radius 2 is 1.33 bits per heavy atom. The predicted octanol–water partition coefficient (Wildman–Crippen LogP) is -1.13. The van der Waals surface area contributed by atoms with Crippen molar-refractivity contribution in [3.05, 3.63) is 11.6 Å². The standard InChI is InChI=1S/C47H76O19/c1-21-29(51)31(53)34(56)39(62-21)65-37-24(18-48)63-38(36(58)33(37)55)61-19-25-30(52)32(54)35(57)40(64-25)66-41(59)47-15-13-44(5)22(23(47)17-46(60,20-49)14-16-47)7-8-27-43(4)11-10-28(50)42(2,3)26(43)9-12-45(27,44)6/h7,21,23-40,48-58,60H,8-20H2,1-6H3/t21-,23-,24+,25+,26-,27+,28-,29-,30+,31+,32-,33+,34+,35+,36+,37+,38+,39-,40-,43-,44+,45+,46+,47+/m0/s1. The predicted molar refractivity (Wildman–Crippen MR) is 227 cm³/mol. The second kappa shape index (κ2) is 18.0. The quantitative estimate of drug-likeness (QED) is 0.0961. The van der Waals surface area contributed by atoms with Crippen LogP contribution in [0.15, 0.2) is 11.6 Å². The Hall–Kier alpha value is -1.47. The molecule has 3 heterocycles. The molecule has 0 spiro atoms. The maximum absolute atomic E-state index is 14.9. The lowest BCUT2D eigenvalue weighted by Crippen LogP contribution is -2.66. The van der Waals surface area contributed by atoms with E-state index >= 15 is 0 Å². The number of rotatable bonds is 9. The fourth-order valence-electron chi connectivity index (χ4n) is 14.7. The molecule has 0 aromatic carbocycles. The van der Waals surface area contributed by atoms with Gasteiger partial charge in [0.25, 0.3) is 0 Å². The SMILES string of the molecule is C[C@@H]1O[C@@H](O[C@H]2[C@H](O)[C@@H](O)[C@H](OC[C@H]3O[C@@H](OC(=O)[C@]45CC[C@](O)(CO)C[C@H]4C4=CC[C@@H]6[C@@]7(C)CC[C@H](O)C(C)(C)[C@@H]7CC[C@@]6(C)[C@]4(C)CC5)[C@H](O)[C@@H](O)[C@@H]3O)O[C@@H]2CO)[C@H](O)[C@H](O)[C@H]1O. The van der Waals surface area contributed by atoms with Crippen molar-refractivity contribution in [2.24, 2.45) is 44.8 Å². The van der Waals surface area contributed by atoms with Crippen LogP contribution >= 0.6 is 0 Å². The minimum absolute atomic E-state index is 0.0319. The number of allylic oxidation sites excluding steroid dienone is 2. The molecule has 0 radical (unpaired) electrons. The van der Waals surface area contributed by atoms with Crippen molar-refractivity contribution in [2.45, 2.75) is 210 Å². The molecule has 3 saturated heterocycles. The second-order valence-corrected chi connectivity index (χ2v) is 22.7. The lowest BCUT2D eigenvalue weighted by atomic mass is 9.33. The molecule has 378 valence electrons. The number of hydrogen-bond acceptors (Lipinski definition) is 19. The monoisotopic (exact) mass is 944 g/mol. The Kier molecular flexibility index (Phi) is 13.9. The van der Waals surface area contributed by atoms with Crippen molar-refractivity contribution in [2.75, 3.05) is 19.8 Å². The van der Waals surface area contributed by atoms with Crippen molar-refractivity contribution in [3.8, 4) is 0 Å². The van der Waals surface area contributed by atoms with Crippen LogP contribution in [-0.4, -0.2) is 191 Å². The van der Waals surface area contributed by atoms with Crippen LogP contribution in [0.25, 0.3) is 0 Å². The molecule has 0 unspecified atom stereocenters. The summed E-state index contributed by atoms with van der Waals surface area (Å²) in [5, 5.41) is 130. The largest absolute Gasteiger partial charge is 0.432 e. The molecule has 19 nitrogen and oxygen atoms in total. The Labute approximate surface area is 385 Å². The first-order valence-electron chi connectivity index (χ1n) is 24.1. The van der Waals surface area contributed by atoms with Crippen molar-refractivity contribution in [1.82, 2.24) is 0 Å². The number of esters is 1. The van der Waals surface area contributed by atoms with Gasteiger partial charge in [-0.15, -0.1) is 0 Å². The van der Waals surface area contributed by atoms with Gasteiger partial charge in [0, 0.05) is 0 Å². The van der Waals surface area contributed by atoms with Crippen LogP contribution < -0.4 is 0 Å². The fourth-order valence-corrected chi connectivity index (χ4v) is 14.7. The number of carbonyl (C=O) groups is 1. The number of aliphatic hydroxyl groups excluding tert-OH is 11. The zero-order valence-corrected chi connectivity index (χ0v) is 39.0. The fraction of sp³-hybridized carbons (Fsp3) is 0.936. The van der Waals surface area contributed by atoms with Crippen molar-refractivity contribution in [1.29, 1.82) is 0 Å². The zero-order valence-electron chi connectivity index (χ0n) is 39.0. The summed E-state index contributed by atoms with van der Waals surface area (Å²) in [4.78, 5) is 14.9. The lowest BCUT2D eigenvalue weighted by molar-refractivity contribution is -0.361. The molecule has 12 N–H and O–H groups in total. The van der Waals surface area contributed by atoms with E-state index in [-0.39, 0.29) is 47.0 Å². The van der Waals surface area contributed by atoms with Crippen molar-refractivity contribution in [3.63, 3.8) is 0 Å². The van der Waals surface area contributed by atoms with Gasteiger partial charge >= 0.3 is 5.97 Å². The Morgan fingerprint density at radius 3 is 2.02 bits per heavy atom. The highest BCUT2D eigenvalue weighted by molar-refractivity contribution is 5.79. The molecular formula is C47H76O19. The minimum Gasteiger partial charge on any atom is -0.432 e. The number of aliphatic hydroxyl groups is 12. The van der Waals surface area contributed by atoms with Gasteiger partial charge in [-0.05, 0) is 111 Å². The van der Waals surface area contributed by atoms with E-state index in [1.165, 1.54) is 6.92 Å². The van der Waals surface area contributed by atoms with Gasteiger partial charge in [-0.25, -0.2) is 0 Å². The second-order valence-electron chi connectivity index (χ2n) is 22.7. The summed E-state index contributed by atoms with van der Waals surface area (Å²) in [5.74, 6) is -0.638. The van der Waals surface area contributed by atoms with Gasteiger partial charge in [-0.3, -0.25) is 4.79 Å². The summed E-state index contributed by atoms with van der Waals surface area (Å²) in [5.41, 5.74) is -2.45. The topological polar surface area (TPSA) is 315 Å².